The van der Waals surface area contributed by atoms with Crippen molar-refractivity contribution in [2.75, 3.05) is 20.1 Å². The van der Waals surface area contributed by atoms with E-state index in [1.54, 1.807) is 0 Å². The highest BCUT2D eigenvalue weighted by atomic mass is 15.1. The maximum absolute atomic E-state index is 2.38. The Morgan fingerprint density at radius 1 is 0.933 bits per heavy atom. The minimum atomic E-state index is 0.949. The van der Waals surface area contributed by atoms with E-state index in [0.717, 1.165) is 5.92 Å². The van der Waals surface area contributed by atoms with E-state index in [4.69, 9.17) is 0 Å². The summed E-state index contributed by atoms with van der Waals surface area (Å²) in [6, 6.07) is 12.0. The molecule has 1 aliphatic rings. The van der Waals surface area contributed by atoms with Gasteiger partial charge in [-0.05, 0) is 25.9 Å². The fraction of sp³-hybridized carbons (Fsp3) is 0.571. The lowest BCUT2D eigenvalue weighted by molar-refractivity contribution is 0.402. The van der Waals surface area contributed by atoms with Gasteiger partial charge in [0.2, 0.25) is 0 Å². The van der Waals surface area contributed by atoms with E-state index in [1.807, 2.05) is 50.2 Å². The molecular formula is C14H25N. The summed E-state index contributed by atoms with van der Waals surface area (Å²) in [5, 5.41) is 0. The molecule has 15 heavy (non-hydrogen) atoms. The van der Waals surface area contributed by atoms with Crippen LogP contribution >= 0.6 is 0 Å². The van der Waals surface area contributed by atoms with Crippen molar-refractivity contribution < 1.29 is 0 Å². The molecule has 1 fully saturated rings. The van der Waals surface area contributed by atoms with Crippen molar-refractivity contribution in [2.24, 2.45) is 5.92 Å². The second kappa shape index (κ2) is 9.72. The quantitative estimate of drug-likeness (QED) is 0.627. The lowest BCUT2D eigenvalue weighted by atomic mass is 10.2. The van der Waals surface area contributed by atoms with E-state index in [9.17, 15) is 0 Å². The van der Waals surface area contributed by atoms with Crippen LogP contribution in [-0.2, 0) is 0 Å². The molecule has 1 heteroatoms. The van der Waals surface area contributed by atoms with Crippen LogP contribution in [0.4, 0.5) is 0 Å². The van der Waals surface area contributed by atoms with Crippen molar-refractivity contribution >= 4 is 0 Å². The van der Waals surface area contributed by atoms with E-state index in [2.05, 4.69) is 18.9 Å². The smallest absolute Gasteiger partial charge is 0.000445 e. The molecule has 86 valence electrons. The summed E-state index contributed by atoms with van der Waals surface area (Å²) in [6.45, 7) is 8.92. The van der Waals surface area contributed by atoms with E-state index in [0.29, 0.717) is 0 Å². The lowest BCUT2D eigenvalue weighted by Gasteiger charge is -2.03. The van der Waals surface area contributed by atoms with Gasteiger partial charge in [0.25, 0.3) is 0 Å². The first kappa shape index (κ1) is 14.2. The Kier molecular flexibility index (Phi) is 9.19. The molecule has 0 radical (unpaired) electrons. The fourth-order valence-electron chi connectivity index (χ4n) is 1.54. The average Bonchev–Trinajstić information content (AvgIpc) is 2.69. The van der Waals surface area contributed by atoms with Gasteiger partial charge in [0.1, 0.15) is 0 Å². The first-order chi connectivity index (χ1) is 7.29. The largest absolute Gasteiger partial charge is 0.306 e. The summed E-state index contributed by atoms with van der Waals surface area (Å²) < 4.78 is 0. The number of rotatable bonds is 0. The zero-order valence-electron chi connectivity index (χ0n) is 10.6. The molecule has 2 rings (SSSR count). The third-order valence-electron chi connectivity index (χ3n) is 2.29. The summed E-state index contributed by atoms with van der Waals surface area (Å²) in [7, 11) is 2.18. The molecule has 0 N–H and O–H groups in total. The van der Waals surface area contributed by atoms with Crippen molar-refractivity contribution in [1.82, 2.24) is 4.90 Å². The topological polar surface area (TPSA) is 3.24 Å². The molecule has 0 bridgehead atoms. The highest BCUT2D eigenvalue weighted by Gasteiger charge is 2.13. The van der Waals surface area contributed by atoms with E-state index in [-0.39, 0.29) is 0 Å². The van der Waals surface area contributed by atoms with Gasteiger partial charge in [-0.1, -0.05) is 57.2 Å². The molecule has 0 aromatic heterocycles. The van der Waals surface area contributed by atoms with Crippen LogP contribution in [0.25, 0.3) is 0 Å². The van der Waals surface area contributed by atoms with Crippen LogP contribution in [0.3, 0.4) is 0 Å². The van der Waals surface area contributed by atoms with Gasteiger partial charge in [-0.2, -0.15) is 0 Å². The Balaban J connectivity index is 0.000000227. The molecule has 1 atom stereocenters. The summed E-state index contributed by atoms with van der Waals surface area (Å²) in [4.78, 5) is 2.38. The van der Waals surface area contributed by atoms with Crippen molar-refractivity contribution in [3.63, 3.8) is 0 Å². The maximum atomic E-state index is 2.38. The zero-order valence-corrected chi connectivity index (χ0v) is 10.6. The first-order valence-electron chi connectivity index (χ1n) is 5.97. The second-order valence-electron chi connectivity index (χ2n) is 3.81. The molecule has 0 saturated carbocycles. The maximum Gasteiger partial charge on any atom is 0.000445 e. The van der Waals surface area contributed by atoms with E-state index in [1.165, 1.54) is 19.5 Å². The lowest BCUT2D eigenvalue weighted by Crippen LogP contribution is -2.12. The van der Waals surface area contributed by atoms with Crippen molar-refractivity contribution in [1.29, 1.82) is 0 Å². The SMILES string of the molecule is CC.CC1CCN(C)C1.c1ccccc1. The van der Waals surface area contributed by atoms with Gasteiger partial charge >= 0.3 is 0 Å². The van der Waals surface area contributed by atoms with Crippen molar-refractivity contribution in [2.45, 2.75) is 27.2 Å². The van der Waals surface area contributed by atoms with E-state index < -0.39 is 0 Å². The fourth-order valence-corrected chi connectivity index (χ4v) is 1.54. The van der Waals surface area contributed by atoms with Crippen LogP contribution in [-0.4, -0.2) is 25.0 Å². The number of hydrogen-bond acceptors (Lipinski definition) is 1. The number of benzene rings is 1. The second-order valence-corrected chi connectivity index (χ2v) is 3.81. The molecule has 0 aliphatic carbocycles. The molecule has 1 heterocycles. The van der Waals surface area contributed by atoms with Gasteiger partial charge in [0.15, 0.2) is 0 Å². The Morgan fingerprint density at radius 2 is 1.33 bits per heavy atom. The van der Waals surface area contributed by atoms with Gasteiger partial charge in [-0.25, -0.2) is 0 Å². The van der Waals surface area contributed by atoms with Crippen LogP contribution in [0.5, 0.6) is 0 Å². The summed E-state index contributed by atoms with van der Waals surface area (Å²) >= 11 is 0. The minimum Gasteiger partial charge on any atom is -0.306 e. The van der Waals surface area contributed by atoms with Gasteiger partial charge in [-0.3, -0.25) is 0 Å². The Morgan fingerprint density at radius 3 is 1.47 bits per heavy atom. The first-order valence-corrected chi connectivity index (χ1v) is 5.97. The van der Waals surface area contributed by atoms with Crippen LogP contribution in [0.15, 0.2) is 36.4 Å². The zero-order chi connectivity index (χ0) is 11.5. The summed E-state index contributed by atoms with van der Waals surface area (Å²) in [5.41, 5.74) is 0. The standard InChI is InChI=1S/C6H13N.C6H6.C2H6/c1-6-3-4-7(2)5-6;1-2-4-6-5-3-1;1-2/h6H,3-5H2,1-2H3;1-6H;1-2H3. The van der Waals surface area contributed by atoms with E-state index >= 15 is 0 Å². The van der Waals surface area contributed by atoms with Gasteiger partial charge < -0.3 is 4.90 Å². The monoisotopic (exact) mass is 207 g/mol. The molecule has 0 amide bonds. The highest BCUT2D eigenvalue weighted by molar-refractivity contribution is 4.99. The number of hydrogen-bond donors (Lipinski definition) is 0. The van der Waals surface area contributed by atoms with Crippen LogP contribution in [0.2, 0.25) is 0 Å². The Bertz CT molecular complexity index is 173. The third-order valence-corrected chi connectivity index (χ3v) is 2.29. The number of nitrogens with zero attached hydrogens (tertiary/aromatic N) is 1. The number of likely N-dealkylation sites (tertiary alicyclic amines) is 1. The van der Waals surface area contributed by atoms with Crippen molar-refractivity contribution in [3.05, 3.63) is 36.4 Å². The molecule has 0 spiro atoms. The van der Waals surface area contributed by atoms with Crippen LogP contribution < -0.4 is 0 Å². The average molecular weight is 207 g/mol. The molecule has 1 unspecified atom stereocenters. The molecular weight excluding hydrogens is 182 g/mol. The molecule has 1 aromatic carbocycles. The third kappa shape index (κ3) is 8.19. The van der Waals surface area contributed by atoms with Gasteiger partial charge in [0.05, 0.1) is 0 Å². The van der Waals surface area contributed by atoms with Crippen molar-refractivity contribution in [3.8, 4) is 0 Å². The van der Waals surface area contributed by atoms with Gasteiger partial charge in [0, 0.05) is 6.54 Å². The highest BCUT2D eigenvalue weighted by Crippen LogP contribution is 2.11. The Labute approximate surface area is 95.1 Å². The predicted molar refractivity (Wildman–Crippen MR) is 69.1 cm³/mol. The normalized spacial score (nSPS) is 19.6. The predicted octanol–water partition coefficient (Wildman–Crippen LogP) is 3.67. The molecule has 1 aromatic rings. The van der Waals surface area contributed by atoms with Crippen LogP contribution in [0.1, 0.15) is 27.2 Å². The molecule has 1 saturated heterocycles. The van der Waals surface area contributed by atoms with Crippen LogP contribution in [0, 0.1) is 5.92 Å². The minimum absolute atomic E-state index is 0.949. The Hall–Kier alpha value is -0.820. The molecule has 1 aliphatic heterocycles. The summed E-state index contributed by atoms with van der Waals surface area (Å²) in [6.07, 6.45) is 1.40. The summed E-state index contributed by atoms with van der Waals surface area (Å²) in [5.74, 6) is 0.949. The molecule has 1 nitrogen and oxygen atoms in total. The van der Waals surface area contributed by atoms with Gasteiger partial charge in [-0.15, -0.1) is 0 Å².